The van der Waals surface area contributed by atoms with Crippen LogP contribution in [0.3, 0.4) is 0 Å². The van der Waals surface area contributed by atoms with Crippen molar-refractivity contribution in [2.75, 3.05) is 27.2 Å². The fraction of sp³-hybridized carbons (Fsp3) is 0.727. The molecule has 0 aliphatic carbocycles. The second kappa shape index (κ2) is 19.3. The molecule has 3 aliphatic heterocycles. The highest BCUT2D eigenvalue weighted by Crippen LogP contribution is 2.43. The maximum atomic E-state index is 14.7. The molecule has 0 aromatic carbocycles. The number of imidazole rings is 1. The third-order valence-electron chi connectivity index (χ3n) is 13.2. The van der Waals surface area contributed by atoms with Crippen LogP contribution in [0, 0.1) is 23.7 Å². The van der Waals surface area contributed by atoms with Crippen LogP contribution in [0.2, 0.25) is 0 Å². The number of aliphatic hydroxyl groups excluding tert-OH is 1. The first-order chi connectivity index (χ1) is 27.9. The van der Waals surface area contributed by atoms with E-state index in [-0.39, 0.29) is 30.8 Å². The predicted octanol–water partition coefficient (Wildman–Crippen LogP) is 5.32. The number of carbonyl (C=O) groups is 4. The number of ketones is 2. The highest BCUT2D eigenvalue weighted by Gasteiger charge is 2.60. The Bertz CT molecular complexity index is 1760. The lowest BCUT2D eigenvalue weighted by Gasteiger charge is -2.47. The second-order valence-corrected chi connectivity index (χ2v) is 17.4. The summed E-state index contributed by atoms with van der Waals surface area (Å²) in [4.78, 5) is 69.3. The fourth-order valence-electron chi connectivity index (χ4n) is 9.59. The molecule has 1 N–H and O–H groups in total. The molecule has 3 fully saturated rings. The number of likely N-dealkylation sites (N-methyl/N-ethyl adjacent to an activating group) is 1. The maximum Gasteiger partial charge on any atom is 0.410 e. The first-order valence-electron chi connectivity index (χ1n) is 21.3. The van der Waals surface area contributed by atoms with E-state index in [4.69, 9.17) is 23.7 Å². The van der Waals surface area contributed by atoms with Gasteiger partial charge < -0.3 is 43.2 Å². The van der Waals surface area contributed by atoms with Gasteiger partial charge in [0, 0.05) is 68.1 Å². The van der Waals surface area contributed by atoms with Crippen molar-refractivity contribution < 1.29 is 48.0 Å². The predicted molar refractivity (Wildman–Crippen MR) is 219 cm³/mol. The van der Waals surface area contributed by atoms with Crippen LogP contribution in [-0.2, 0) is 44.6 Å². The monoisotopic (exact) mass is 825 g/mol. The minimum absolute atomic E-state index is 0.131. The Morgan fingerprint density at radius 1 is 1.02 bits per heavy atom. The molecular weight excluding hydrogens is 759 g/mol. The molecule has 59 heavy (non-hydrogen) atoms. The number of methoxy groups -OCH3 is 1. The maximum absolute atomic E-state index is 14.7. The molecule has 1 amide bonds. The average Bonchev–Trinajstić information content (AvgIpc) is 3.80. The first-order valence-corrected chi connectivity index (χ1v) is 21.3. The molecule has 15 nitrogen and oxygen atoms in total. The number of pyridine rings is 1. The Kier molecular flexibility index (Phi) is 15.2. The number of ether oxygens (including phenoxy) is 5. The van der Waals surface area contributed by atoms with Gasteiger partial charge in [-0.15, -0.1) is 0 Å². The largest absolute Gasteiger partial charge is 0.458 e. The van der Waals surface area contributed by atoms with E-state index >= 15 is 0 Å². The van der Waals surface area contributed by atoms with Gasteiger partial charge in [-0.3, -0.25) is 19.4 Å². The highest BCUT2D eigenvalue weighted by atomic mass is 16.7. The second-order valence-electron chi connectivity index (χ2n) is 17.4. The van der Waals surface area contributed by atoms with Crippen LogP contribution in [0.15, 0.2) is 37.1 Å². The summed E-state index contributed by atoms with van der Waals surface area (Å²) in [5.74, 6) is -4.95. The zero-order valence-electron chi connectivity index (χ0n) is 36.8. The normalized spacial score (nSPS) is 36.3. The Morgan fingerprint density at radius 3 is 2.37 bits per heavy atom. The number of fused-ring (bicyclic) bond motifs is 1. The minimum Gasteiger partial charge on any atom is -0.458 e. The number of aliphatic hydroxyl groups is 1. The van der Waals surface area contributed by atoms with Crippen LogP contribution in [0.5, 0.6) is 0 Å². The van der Waals surface area contributed by atoms with E-state index in [0.29, 0.717) is 38.9 Å². The number of carbonyl (C=O) groups excluding carboxylic acids is 4. The molecule has 3 saturated heterocycles. The molecule has 2 aromatic heterocycles. The molecule has 5 rings (SSSR count). The summed E-state index contributed by atoms with van der Waals surface area (Å²) < 4.78 is 33.3. The third-order valence-corrected chi connectivity index (χ3v) is 13.2. The van der Waals surface area contributed by atoms with Crippen LogP contribution < -0.4 is 0 Å². The van der Waals surface area contributed by atoms with Gasteiger partial charge in [0.1, 0.15) is 23.9 Å². The van der Waals surface area contributed by atoms with Gasteiger partial charge >= 0.3 is 12.1 Å². The van der Waals surface area contributed by atoms with Gasteiger partial charge in [-0.1, -0.05) is 34.6 Å². The van der Waals surface area contributed by atoms with Crippen LogP contribution in [0.4, 0.5) is 4.79 Å². The number of esters is 1. The number of unbranched alkanes of at least 4 members (excludes halogenated alkanes) is 1. The van der Waals surface area contributed by atoms with E-state index in [9.17, 15) is 24.3 Å². The molecule has 13 atom stereocenters. The molecule has 5 heterocycles. The quantitative estimate of drug-likeness (QED) is 0.166. The van der Waals surface area contributed by atoms with Crippen molar-refractivity contribution in [2.24, 2.45) is 23.7 Å². The SMILES string of the molecule is CC[C@H]1OC(=O)[C@H](C)C(=O)[C@H](C)[C@@H](O[C@@H]2O[C@H](C)C[C@H](N(C)CC)[C@H]2O)[C@](C)(OC)C[C@@H](C)C(=O)[C@H](C)[C@H]2N(CCCCn3cnc(-c4cccnc4)c3)C(=O)O[C@]12C. The van der Waals surface area contributed by atoms with Crippen molar-refractivity contribution in [2.45, 2.75) is 155 Å². The number of cyclic esters (lactones) is 1. The van der Waals surface area contributed by atoms with Crippen molar-refractivity contribution in [3.63, 3.8) is 0 Å². The number of aryl methyl sites for hydroxylation is 1. The third kappa shape index (κ3) is 9.75. The van der Waals surface area contributed by atoms with E-state index in [1.54, 1.807) is 51.3 Å². The van der Waals surface area contributed by atoms with E-state index in [1.165, 1.54) is 14.0 Å². The lowest BCUT2D eigenvalue weighted by atomic mass is 9.73. The number of hydrogen-bond donors (Lipinski definition) is 1. The smallest absolute Gasteiger partial charge is 0.410 e. The summed E-state index contributed by atoms with van der Waals surface area (Å²) in [6, 6.07) is 2.76. The zero-order valence-corrected chi connectivity index (χ0v) is 36.8. The van der Waals surface area contributed by atoms with Crippen LogP contribution >= 0.6 is 0 Å². The summed E-state index contributed by atoms with van der Waals surface area (Å²) >= 11 is 0. The van der Waals surface area contributed by atoms with E-state index in [0.717, 1.165) is 11.3 Å². The van der Waals surface area contributed by atoms with Gasteiger partial charge in [-0.2, -0.15) is 0 Å². The topological polar surface area (TPSA) is 172 Å². The summed E-state index contributed by atoms with van der Waals surface area (Å²) in [7, 11) is 3.43. The number of hydrogen-bond acceptors (Lipinski definition) is 13. The lowest BCUT2D eigenvalue weighted by Crippen LogP contribution is -2.60. The summed E-state index contributed by atoms with van der Waals surface area (Å²) in [5.41, 5.74) is -0.939. The molecular formula is C44H67N5O10. The van der Waals surface area contributed by atoms with Crippen molar-refractivity contribution in [3.05, 3.63) is 37.1 Å². The number of aromatic nitrogens is 3. The number of nitrogens with zero attached hydrogens (tertiary/aromatic N) is 5. The molecule has 2 aromatic rings. The first kappa shape index (κ1) is 46.3. The van der Waals surface area contributed by atoms with Crippen molar-refractivity contribution in [1.82, 2.24) is 24.3 Å². The van der Waals surface area contributed by atoms with E-state index < -0.39 is 83.4 Å². The van der Waals surface area contributed by atoms with Crippen LogP contribution in [-0.4, -0.2) is 134 Å². The molecule has 0 bridgehead atoms. The molecule has 0 unspecified atom stereocenters. The summed E-state index contributed by atoms with van der Waals surface area (Å²) in [6.07, 6.45) is 4.48. The Labute approximate surface area is 349 Å². The van der Waals surface area contributed by atoms with Crippen molar-refractivity contribution >= 4 is 23.6 Å². The number of rotatable bonds is 12. The highest BCUT2D eigenvalue weighted by molar-refractivity contribution is 6.00. The Morgan fingerprint density at radius 2 is 1.73 bits per heavy atom. The average molecular weight is 826 g/mol. The van der Waals surface area contributed by atoms with Crippen LogP contribution in [0.25, 0.3) is 11.3 Å². The van der Waals surface area contributed by atoms with Crippen LogP contribution in [0.1, 0.15) is 94.4 Å². The minimum atomic E-state index is -1.40. The van der Waals surface area contributed by atoms with Crippen molar-refractivity contribution in [1.29, 1.82) is 0 Å². The summed E-state index contributed by atoms with van der Waals surface area (Å²) in [6.45, 7) is 17.7. The van der Waals surface area contributed by atoms with Gasteiger partial charge in [-0.25, -0.2) is 9.78 Å². The molecule has 0 saturated carbocycles. The fourth-order valence-corrected chi connectivity index (χ4v) is 9.59. The Balaban J connectivity index is 1.43. The zero-order chi connectivity index (χ0) is 43.4. The van der Waals surface area contributed by atoms with E-state index in [2.05, 4.69) is 9.97 Å². The number of Topliss-reactive ketones (excluding diaryl/α,β-unsaturated/α-hetero) is 2. The molecule has 328 valence electrons. The Hall–Kier alpha value is -3.76. The van der Waals surface area contributed by atoms with Gasteiger partial charge in [0.25, 0.3) is 0 Å². The van der Waals surface area contributed by atoms with Crippen molar-refractivity contribution in [3.8, 4) is 11.3 Å². The number of amides is 1. The van der Waals surface area contributed by atoms with Gasteiger partial charge in [0.2, 0.25) is 0 Å². The van der Waals surface area contributed by atoms with Gasteiger partial charge in [0.15, 0.2) is 17.7 Å². The molecule has 3 aliphatic rings. The van der Waals surface area contributed by atoms with Gasteiger partial charge in [0.05, 0.1) is 35.9 Å². The van der Waals surface area contributed by atoms with E-state index in [1.807, 2.05) is 62.5 Å². The van der Waals surface area contributed by atoms with Gasteiger partial charge in [-0.05, 0) is 85.5 Å². The summed E-state index contributed by atoms with van der Waals surface area (Å²) in [5, 5.41) is 11.6. The lowest BCUT2D eigenvalue weighted by molar-refractivity contribution is -0.296. The molecule has 15 heteroatoms. The molecule has 0 radical (unpaired) electrons. The molecule has 0 spiro atoms. The standard InChI is InChI=1S/C44H67N5O10/c1-12-34-44(9)38(49(42(54)59-44)20-15-14-19-48-24-32(46-25-48)31-17-16-18-45-23-31)28(5)35(50)26(3)22-43(8,55-11)39(29(6)36(51)30(7)40(53)57-34)58-41-37(52)33(47(10)13-2)21-27(4)56-41/h16-18,23-30,33-34,37-39,41,52H,12-15,19-22H2,1-11H3/t26-,27-,28+,29+,30-,33+,34-,37-,38-,39-,41+,43-,44-/m1/s1.